The Bertz CT molecular complexity index is 798. The third-order valence-corrected chi connectivity index (χ3v) is 5.31. The zero-order chi connectivity index (χ0) is 19.9. The van der Waals surface area contributed by atoms with Crippen LogP contribution in [0.2, 0.25) is 0 Å². The number of rotatable bonds is 8. The molecule has 0 spiro atoms. The normalized spacial score (nSPS) is 15.4. The van der Waals surface area contributed by atoms with Crippen LogP contribution in [0, 0.1) is 6.92 Å². The second kappa shape index (κ2) is 9.71. The van der Waals surface area contributed by atoms with Crippen molar-refractivity contribution in [1.82, 2.24) is 9.80 Å². The average molecular weight is 383 g/mol. The minimum absolute atomic E-state index is 0.142. The van der Waals surface area contributed by atoms with Gasteiger partial charge in [0.05, 0.1) is 14.2 Å². The fourth-order valence-corrected chi connectivity index (χ4v) is 3.65. The van der Waals surface area contributed by atoms with Gasteiger partial charge in [-0.1, -0.05) is 29.8 Å². The lowest BCUT2D eigenvalue weighted by molar-refractivity contribution is 0.0922. The highest BCUT2D eigenvalue weighted by molar-refractivity contribution is 5.96. The molecule has 0 amide bonds. The Morgan fingerprint density at radius 1 is 0.929 bits per heavy atom. The van der Waals surface area contributed by atoms with E-state index in [1.165, 1.54) is 11.1 Å². The number of benzene rings is 2. The van der Waals surface area contributed by atoms with Crippen molar-refractivity contribution in [2.45, 2.75) is 19.9 Å². The fourth-order valence-electron chi connectivity index (χ4n) is 3.65. The molecule has 1 heterocycles. The van der Waals surface area contributed by atoms with Gasteiger partial charge in [-0.15, -0.1) is 0 Å². The SMILES string of the molecule is COc1ccc(C(=O)CCN2CCN(Cc3cccc(C)c3)CC2)cc1OC. The standard InChI is InChI=1S/C23H30N2O3/c1-18-5-4-6-19(15-18)17-25-13-11-24(12-14-25)10-9-21(26)20-7-8-22(27-2)23(16-20)28-3/h4-8,15-16H,9-14,17H2,1-3H3. The van der Waals surface area contributed by atoms with Crippen molar-refractivity contribution in [2.75, 3.05) is 46.9 Å². The second-order valence-electron chi connectivity index (χ2n) is 7.35. The van der Waals surface area contributed by atoms with Crippen LogP contribution in [-0.4, -0.2) is 62.5 Å². The molecular formula is C23H30N2O3. The first-order chi connectivity index (χ1) is 13.6. The molecule has 1 saturated heterocycles. The van der Waals surface area contributed by atoms with Gasteiger partial charge in [0.1, 0.15) is 0 Å². The van der Waals surface area contributed by atoms with Crippen LogP contribution < -0.4 is 9.47 Å². The Hall–Kier alpha value is -2.37. The third kappa shape index (κ3) is 5.33. The quantitative estimate of drug-likeness (QED) is 0.655. The predicted octanol–water partition coefficient (Wildman–Crippen LogP) is 3.40. The number of ether oxygens (including phenoxy) is 2. The molecule has 0 saturated carbocycles. The van der Waals surface area contributed by atoms with E-state index in [2.05, 4.69) is 41.0 Å². The summed E-state index contributed by atoms with van der Waals surface area (Å²) >= 11 is 0. The van der Waals surface area contributed by atoms with E-state index in [0.29, 0.717) is 23.5 Å². The van der Waals surface area contributed by atoms with Crippen molar-refractivity contribution in [2.24, 2.45) is 0 Å². The molecule has 1 fully saturated rings. The molecule has 0 aliphatic carbocycles. The highest BCUT2D eigenvalue weighted by Crippen LogP contribution is 2.28. The van der Waals surface area contributed by atoms with Gasteiger partial charge in [0.2, 0.25) is 0 Å². The summed E-state index contributed by atoms with van der Waals surface area (Å²) in [5.74, 6) is 1.38. The van der Waals surface area contributed by atoms with E-state index >= 15 is 0 Å². The Labute approximate surface area is 167 Å². The molecule has 1 aliphatic rings. The number of hydrogen-bond acceptors (Lipinski definition) is 5. The maximum atomic E-state index is 12.6. The molecule has 1 aliphatic heterocycles. The maximum absolute atomic E-state index is 12.6. The number of ketones is 1. The van der Waals surface area contributed by atoms with Crippen LogP contribution in [0.3, 0.4) is 0 Å². The summed E-state index contributed by atoms with van der Waals surface area (Å²) < 4.78 is 10.5. The van der Waals surface area contributed by atoms with Gasteiger partial charge >= 0.3 is 0 Å². The van der Waals surface area contributed by atoms with Crippen molar-refractivity contribution < 1.29 is 14.3 Å². The largest absolute Gasteiger partial charge is 0.493 e. The molecule has 0 aromatic heterocycles. The molecule has 5 nitrogen and oxygen atoms in total. The lowest BCUT2D eigenvalue weighted by atomic mass is 10.1. The first kappa shape index (κ1) is 20.4. The smallest absolute Gasteiger partial charge is 0.164 e. The van der Waals surface area contributed by atoms with Crippen LogP contribution in [0.5, 0.6) is 11.5 Å². The van der Waals surface area contributed by atoms with Crippen molar-refractivity contribution in [3.63, 3.8) is 0 Å². The van der Waals surface area contributed by atoms with Gasteiger partial charge in [0, 0.05) is 51.3 Å². The molecule has 150 valence electrons. The molecule has 0 atom stereocenters. The molecule has 3 rings (SSSR count). The lowest BCUT2D eigenvalue weighted by Gasteiger charge is -2.34. The summed E-state index contributed by atoms with van der Waals surface area (Å²) in [6, 6.07) is 14.1. The number of aryl methyl sites for hydroxylation is 1. The summed E-state index contributed by atoms with van der Waals surface area (Å²) in [6.07, 6.45) is 0.521. The minimum Gasteiger partial charge on any atom is -0.493 e. The summed E-state index contributed by atoms with van der Waals surface area (Å²) in [6.45, 7) is 8.02. The molecule has 2 aromatic carbocycles. The molecule has 0 radical (unpaired) electrons. The van der Waals surface area contributed by atoms with Crippen molar-refractivity contribution >= 4 is 5.78 Å². The number of methoxy groups -OCH3 is 2. The van der Waals surface area contributed by atoms with Gasteiger partial charge in [0.15, 0.2) is 17.3 Å². The fraction of sp³-hybridized carbons (Fsp3) is 0.435. The molecule has 28 heavy (non-hydrogen) atoms. The van der Waals surface area contributed by atoms with E-state index in [-0.39, 0.29) is 5.78 Å². The van der Waals surface area contributed by atoms with E-state index in [1.807, 2.05) is 6.07 Å². The highest BCUT2D eigenvalue weighted by atomic mass is 16.5. The first-order valence-corrected chi connectivity index (χ1v) is 9.84. The van der Waals surface area contributed by atoms with Crippen LogP contribution in [0.1, 0.15) is 27.9 Å². The zero-order valence-corrected chi connectivity index (χ0v) is 17.1. The van der Waals surface area contributed by atoms with Crippen molar-refractivity contribution in [3.05, 3.63) is 59.2 Å². The zero-order valence-electron chi connectivity index (χ0n) is 17.1. The Kier molecular flexibility index (Phi) is 7.06. The van der Waals surface area contributed by atoms with Crippen LogP contribution in [0.4, 0.5) is 0 Å². The second-order valence-corrected chi connectivity index (χ2v) is 7.35. The van der Waals surface area contributed by atoms with Crippen LogP contribution in [0.25, 0.3) is 0 Å². The maximum Gasteiger partial charge on any atom is 0.164 e. The highest BCUT2D eigenvalue weighted by Gasteiger charge is 2.18. The minimum atomic E-state index is 0.142. The van der Waals surface area contributed by atoms with Crippen LogP contribution >= 0.6 is 0 Å². The summed E-state index contributed by atoms with van der Waals surface area (Å²) in [5, 5.41) is 0. The van der Waals surface area contributed by atoms with Crippen molar-refractivity contribution in [1.29, 1.82) is 0 Å². The molecule has 2 aromatic rings. The van der Waals surface area contributed by atoms with Gasteiger partial charge in [-0.05, 0) is 30.7 Å². The topological polar surface area (TPSA) is 42.0 Å². The predicted molar refractivity (Wildman–Crippen MR) is 111 cm³/mol. The van der Waals surface area contributed by atoms with E-state index in [4.69, 9.17) is 9.47 Å². The molecule has 5 heteroatoms. The monoisotopic (exact) mass is 382 g/mol. The van der Waals surface area contributed by atoms with E-state index < -0.39 is 0 Å². The summed E-state index contributed by atoms with van der Waals surface area (Å²) in [4.78, 5) is 17.4. The molecule has 0 unspecified atom stereocenters. The first-order valence-electron chi connectivity index (χ1n) is 9.84. The summed E-state index contributed by atoms with van der Waals surface area (Å²) in [7, 11) is 3.18. The number of piperazine rings is 1. The number of nitrogens with zero attached hydrogens (tertiary/aromatic N) is 2. The number of hydrogen-bond donors (Lipinski definition) is 0. The van der Waals surface area contributed by atoms with E-state index in [0.717, 1.165) is 39.3 Å². The Balaban J connectivity index is 1.45. The summed E-state index contributed by atoms with van der Waals surface area (Å²) in [5.41, 5.74) is 3.36. The number of Topliss-reactive ketones (excluding diaryl/α,β-unsaturated/α-hetero) is 1. The van der Waals surface area contributed by atoms with E-state index in [1.54, 1.807) is 26.4 Å². The number of carbonyl (C=O) groups is 1. The lowest BCUT2D eigenvalue weighted by Crippen LogP contribution is -2.46. The van der Waals surface area contributed by atoms with Gasteiger partial charge in [-0.3, -0.25) is 9.69 Å². The molecular weight excluding hydrogens is 352 g/mol. The Morgan fingerprint density at radius 2 is 1.64 bits per heavy atom. The molecule has 0 N–H and O–H groups in total. The van der Waals surface area contributed by atoms with Crippen LogP contribution in [-0.2, 0) is 6.54 Å². The number of carbonyl (C=O) groups excluding carboxylic acids is 1. The third-order valence-electron chi connectivity index (χ3n) is 5.31. The Morgan fingerprint density at radius 3 is 2.32 bits per heavy atom. The van der Waals surface area contributed by atoms with Gasteiger partial charge < -0.3 is 14.4 Å². The average Bonchev–Trinajstić information content (AvgIpc) is 2.72. The van der Waals surface area contributed by atoms with Gasteiger partial charge in [-0.25, -0.2) is 0 Å². The van der Waals surface area contributed by atoms with E-state index in [9.17, 15) is 4.79 Å². The molecule has 0 bridgehead atoms. The van der Waals surface area contributed by atoms with Gasteiger partial charge in [-0.2, -0.15) is 0 Å². The van der Waals surface area contributed by atoms with Crippen molar-refractivity contribution in [3.8, 4) is 11.5 Å². The van der Waals surface area contributed by atoms with Gasteiger partial charge in [0.25, 0.3) is 0 Å². The van der Waals surface area contributed by atoms with Crippen LogP contribution in [0.15, 0.2) is 42.5 Å².